The molecule has 1 aromatic heterocycles. The number of halogens is 1. The van der Waals surface area contributed by atoms with Crippen LogP contribution < -0.4 is 5.32 Å². The van der Waals surface area contributed by atoms with Crippen molar-refractivity contribution >= 4 is 16.7 Å². The molecule has 1 aromatic carbocycles. The molecule has 0 aliphatic rings. The summed E-state index contributed by atoms with van der Waals surface area (Å²) in [5, 5.41) is 3.89. The molecule has 78 valence electrons. The van der Waals surface area contributed by atoms with Crippen LogP contribution in [0.1, 0.15) is 18.5 Å². The minimum absolute atomic E-state index is 0.0219. The van der Waals surface area contributed by atoms with E-state index < -0.39 is 0 Å². The molecule has 0 spiro atoms. The zero-order valence-corrected chi connectivity index (χ0v) is 8.96. The molecule has 1 atom stereocenters. The number of hydrogen-bond donors (Lipinski definition) is 1. The summed E-state index contributed by atoms with van der Waals surface area (Å²) in [6, 6.07) is 6.54. The van der Waals surface area contributed by atoms with Gasteiger partial charge in [0.25, 0.3) is 0 Å². The summed E-state index contributed by atoms with van der Waals surface area (Å²) in [4.78, 5) is 4.01. The first-order valence-corrected chi connectivity index (χ1v) is 5.32. The zero-order valence-electron chi connectivity index (χ0n) is 8.14. The first-order valence-electron chi connectivity index (χ1n) is 4.54. The van der Waals surface area contributed by atoms with Crippen LogP contribution in [0.3, 0.4) is 0 Å². The summed E-state index contributed by atoms with van der Waals surface area (Å²) >= 11 is 1.28. The molecule has 0 aliphatic carbocycles. The molecule has 0 aliphatic heterocycles. The number of hydrogen-bond acceptors (Lipinski definition) is 4. The average molecular weight is 223 g/mol. The van der Waals surface area contributed by atoms with Crippen molar-refractivity contribution in [3.05, 3.63) is 42.0 Å². The first-order chi connectivity index (χ1) is 7.25. The number of anilines is 1. The van der Waals surface area contributed by atoms with Gasteiger partial charge in [-0.3, -0.25) is 0 Å². The summed E-state index contributed by atoms with van der Waals surface area (Å²) in [5.41, 5.74) is 0.894. The molecular weight excluding hydrogens is 213 g/mol. The topological polar surface area (TPSA) is 37.8 Å². The number of nitrogens with zero attached hydrogens (tertiary/aromatic N) is 2. The van der Waals surface area contributed by atoms with Gasteiger partial charge in [-0.1, -0.05) is 12.1 Å². The second kappa shape index (κ2) is 4.35. The van der Waals surface area contributed by atoms with E-state index in [9.17, 15) is 4.39 Å². The van der Waals surface area contributed by atoms with Gasteiger partial charge in [-0.05, 0) is 24.6 Å². The van der Waals surface area contributed by atoms with Crippen LogP contribution in [0.5, 0.6) is 0 Å². The molecule has 1 unspecified atom stereocenters. The normalized spacial score (nSPS) is 12.4. The van der Waals surface area contributed by atoms with Gasteiger partial charge in [-0.2, -0.15) is 4.37 Å². The highest BCUT2D eigenvalue weighted by Crippen LogP contribution is 2.19. The van der Waals surface area contributed by atoms with Gasteiger partial charge < -0.3 is 5.32 Å². The van der Waals surface area contributed by atoms with Crippen LogP contribution in [0.25, 0.3) is 0 Å². The Labute approximate surface area is 91.2 Å². The Morgan fingerprint density at radius 1 is 1.47 bits per heavy atom. The molecule has 0 bridgehead atoms. The van der Waals surface area contributed by atoms with E-state index in [-0.39, 0.29) is 11.9 Å². The molecule has 2 rings (SSSR count). The zero-order chi connectivity index (χ0) is 10.7. The van der Waals surface area contributed by atoms with Crippen molar-refractivity contribution in [3.63, 3.8) is 0 Å². The van der Waals surface area contributed by atoms with Crippen molar-refractivity contribution < 1.29 is 4.39 Å². The molecule has 5 heteroatoms. The third-order valence-electron chi connectivity index (χ3n) is 2.05. The number of benzene rings is 1. The monoisotopic (exact) mass is 223 g/mol. The largest absolute Gasteiger partial charge is 0.354 e. The lowest BCUT2D eigenvalue weighted by Gasteiger charge is -2.12. The Morgan fingerprint density at radius 3 is 3.00 bits per heavy atom. The van der Waals surface area contributed by atoms with Gasteiger partial charge in [-0.25, -0.2) is 9.37 Å². The predicted octanol–water partition coefficient (Wildman–Crippen LogP) is 2.85. The Kier molecular flexibility index (Phi) is 2.91. The molecule has 15 heavy (non-hydrogen) atoms. The molecule has 1 heterocycles. The van der Waals surface area contributed by atoms with Gasteiger partial charge in [0.05, 0.1) is 6.04 Å². The van der Waals surface area contributed by atoms with E-state index in [1.165, 1.54) is 30.0 Å². The lowest BCUT2D eigenvalue weighted by molar-refractivity contribution is 0.623. The van der Waals surface area contributed by atoms with Gasteiger partial charge in [0.1, 0.15) is 12.1 Å². The van der Waals surface area contributed by atoms with E-state index in [0.717, 1.165) is 10.7 Å². The molecule has 1 N–H and O–H groups in total. The summed E-state index contributed by atoms with van der Waals surface area (Å²) in [7, 11) is 0. The van der Waals surface area contributed by atoms with E-state index in [1.54, 1.807) is 6.07 Å². The van der Waals surface area contributed by atoms with Crippen LogP contribution in [0.15, 0.2) is 30.6 Å². The first kappa shape index (κ1) is 10.0. The van der Waals surface area contributed by atoms with Gasteiger partial charge in [0, 0.05) is 11.5 Å². The Morgan fingerprint density at radius 2 is 2.33 bits per heavy atom. The van der Waals surface area contributed by atoms with Crippen molar-refractivity contribution in [2.24, 2.45) is 0 Å². The number of nitrogens with one attached hydrogen (secondary N) is 1. The van der Waals surface area contributed by atoms with Crippen molar-refractivity contribution in [2.75, 3.05) is 5.32 Å². The summed E-state index contributed by atoms with van der Waals surface area (Å²) in [6.07, 6.45) is 1.49. The molecule has 0 fully saturated rings. The number of aromatic nitrogens is 2. The Bertz CT molecular complexity index is 430. The highest BCUT2D eigenvalue weighted by molar-refractivity contribution is 7.09. The average Bonchev–Trinajstić information content (AvgIpc) is 2.70. The third kappa shape index (κ3) is 2.50. The lowest BCUT2D eigenvalue weighted by atomic mass is 10.1. The fourth-order valence-corrected chi connectivity index (χ4v) is 1.80. The molecule has 0 saturated heterocycles. The van der Waals surface area contributed by atoms with Crippen LogP contribution >= 0.6 is 11.5 Å². The van der Waals surface area contributed by atoms with Crippen LogP contribution in [0, 0.1) is 5.82 Å². The van der Waals surface area contributed by atoms with Gasteiger partial charge in [0.15, 0.2) is 0 Å². The molecule has 0 saturated carbocycles. The van der Waals surface area contributed by atoms with Gasteiger partial charge in [-0.15, -0.1) is 0 Å². The summed E-state index contributed by atoms with van der Waals surface area (Å²) in [6.45, 7) is 1.95. The lowest BCUT2D eigenvalue weighted by Crippen LogP contribution is -2.06. The SMILES string of the molecule is CC(Nc1ncns1)c1cccc(F)c1. The fourth-order valence-electron chi connectivity index (χ4n) is 1.28. The highest BCUT2D eigenvalue weighted by Gasteiger charge is 2.07. The molecule has 2 aromatic rings. The second-order valence-corrected chi connectivity index (χ2v) is 3.95. The summed E-state index contributed by atoms with van der Waals surface area (Å²) in [5.74, 6) is -0.224. The Hall–Kier alpha value is -1.49. The smallest absolute Gasteiger partial charge is 0.202 e. The van der Waals surface area contributed by atoms with Crippen molar-refractivity contribution in [1.29, 1.82) is 0 Å². The van der Waals surface area contributed by atoms with Gasteiger partial charge in [0.2, 0.25) is 5.13 Å². The van der Waals surface area contributed by atoms with E-state index in [4.69, 9.17) is 0 Å². The third-order valence-corrected chi connectivity index (χ3v) is 2.65. The maximum atomic E-state index is 13.0. The van der Waals surface area contributed by atoms with Crippen molar-refractivity contribution in [3.8, 4) is 0 Å². The molecule has 0 radical (unpaired) electrons. The minimum atomic E-state index is -0.224. The van der Waals surface area contributed by atoms with Crippen LogP contribution in [-0.2, 0) is 0 Å². The van der Waals surface area contributed by atoms with Crippen LogP contribution in [0.4, 0.5) is 9.52 Å². The second-order valence-electron chi connectivity index (χ2n) is 3.17. The quantitative estimate of drug-likeness (QED) is 0.869. The summed E-state index contributed by atoms with van der Waals surface area (Å²) < 4.78 is 16.8. The Balaban J connectivity index is 2.11. The maximum Gasteiger partial charge on any atom is 0.202 e. The van der Waals surface area contributed by atoms with Crippen molar-refractivity contribution in [2.45, 2.75) is 13.0 Å². The van der Waals surface area contributed by atoms with E-state index in [1.807, 2.05) is 13.0 Å². The molecule has 3 nitrogen and oxygen atoms in total. The van der Waals surface area contributed by atoms with E-state index >= 15 is 0 Å². The van der Waals surface area contributed by atoms with Crippen molar-refractivity contribution in [1.82, 2.24) is 9.36 Å². The molecular formula is C10H10FN3S. The predicted molar refractivity (Wildman–Crippen MR) is 58.3 cm³/mol. The van der Waals surface area contributed by atoms with E-state index in [0.29, 0.717) is 0 Å². The fraction of sp³-hybridized carbons (Fsp3) is 0.200. The van der Waals surface area contributed by atoms with Gasteiger partial charge >= 0.3 is 0 Å². The number of rotatable bonds is 3. The standard InChI is InChI=1S/C10H10FN3S/c1-7(14-10-12-6-13-15-10)8-3-2-4-9(11)5-8/h2-7H,1H3,(H,12,13,14). The minimum Gasteiger partial charge on any atom is -0.354 e. The van der Waals surface area contributed by atoms with E-state index in [2.05, 4.69) is 14.7 Å². The van der Waals surface area contributed by atoms with Crippen LogP contribution in [-0.4, -0.2) is 9.36 Å². The molecule has 0 amide bonds. The maximum absolute atomic E-state index is 13.0. The van der Waals surface area contributed by atoms with Crippen LogP contribution in [0.2, 0.25) is 0 Å². The highest BCUT2D eigenvalue weighted by atomic mass is 32.1.